The molecule has 0 unspecified atom stereocenters. The van der Waals surface area contributed by atoms with Gasteiger partial charge in [-0.3, -0.25) is 19.6 Å². The summed E-state index contributed by atoms with van der Waals surface area (Å²) in [6.07, 6.45) is -0.296. The van der Waals surface area contributed by atoms with Gasteiger partial charge in [0, 0.05) is 25.2 Å². The number of anilines is 1. The van der Waals surface area contributed by atoms with Crippen molar-refractivity contribution in [2.24, 2.45) is 0 Å². The molecule has 11 heteroatoms. The molecule has 1 saturated heterocycles. The van der Waals surface area contributed by atoms with Crippen LogP contribution in [0.2, 0.25) is 5.02 Å². The highest BCUT2D eigenvalue weighted by Crippen LogP contribution is 2.29. The fraction of sp³-hybridized carbons (Fsp3) is 0.316. The maximum atomic E-state index is 13.1. The molecule has 2 aromatic rings. The van der Waals surface area contributed by atoms with Crippen molar-refractivity contribution in [1.29, 1.82) is 0 Å². The fourth-order valence-electron chi connectivity index (χ4n) is 3.28. The molecular formula is C19H20ClN3O6S. The number of rotatable bonds is 5. The topological polar surface area (TPSA) is 119 Å². The first-order valence-corrected chi connectivity index (χ1v) is 10.9. The molecule has 3 rings (SSSR count). The zero-order chi connectivity index (χ0) is 22.1. The number of benzene rings is 2. The van der Waals surface area contributed by atoms with Crippen LogP contribution in [0.4, 0.5) is 11.4 Å². The standard InChI is InChI=1S/C19H20ClN3O6S/c1-12-10-22(11-13(2)29-12)19(24)15-5-3-4-6-17(15)21-30(27,28)18-9-14(23(25)26)7-8-16(18)20/h3-9,12-13,21H,10-11H2,1-2H3/t12-,13-/m1/s1. The summed E-state index contributed by atoms with van der Waals surface area (Å²) in [6.45, 7) is 4.46. The first kappa shape index (κ1) is 22.0. The highest BCUT2D eigenvalue weighted by molar-refractivity contribution is 7.92. The summed E-state index contributed by atoms with van der Waals surface area (Å²) in [7, 11) is -4.29. The molecule has 1 aliphatic rings. The van der Waals surface area contributed by atoms with Crippen LogP contribution >= 0.6 is 11.6 Å². The van der Waals surface area contributed by atoms with Gasteiger partial charge in [0.2, 0.25) is 0 Å². The van der Waals surface area contributed by atoms with E-state index >= 15 is 0 Å². The predicted molar refractivity (Wildman–Crippen MR) is 111 cm³/mol. The van der Waals surface area contributed by atoms with Gasteiger partial charge < -0.3 is 9.64 Å². The van der Waals surface area contributed by atoms with Gasteiger partial charge in [-0.2, -0.15) is 0 Å². The quantitative estimate of drug-likeness (QED) is 0.548. The zero-order valence-corrected chi connectivity index (χ0v) is 17.8. The van der Waals surface area contributed by atoms with Gasteiger partial charge in [-0.05, 0) is 32.0 Å². The Bertz CT molecular complexity index is 1080. The number of ether oxygens (including phenoxy) is 1. The SMILES string of the molecule is C[C@@H]1CN(C(=O)c2ccccc2NS(=O)(=O)c2cc([N+](=O)[O-])ccc2Cl)C[C@@H](C)O1. The van der Waals surface area contributed by atoms with Crippen molar-refractivity contribution < 1.29 is 22.9 Å². The van der Waals surface area contributed by atoms with Crippen LogP contribution in [-0.2, 0) is 14.8 Å². The minimum atomic E-state index is -4.29. The van der Waals surface area contributed by atoms with Crippen LogP contribution in [0, 0.1) is 10.1 Å². The van der Waals surface area contributed by atoms with E-state index in [1.165, 1.54) is 12.1 Å². The smallest absolute Gasteiger partial charge is 0.270 e. The second-order valence-corrected chi connectivity index (χ2v) is 9.05. The van der Waals surface area contributed by atoms with Gasteiger partial charge in [0.05, 0.1) is 33.4 Å². The lowest BCUT2D eigenvalue weighted by Crippen LogP contribution is -2.48. The summed E-state index contributed by atoms with van der Waals surface area (Å²) in [4.78, 5) is 24.5. The molecular weight excluding hydrogens is 434 g/mol. The molecule has 160 valence electrons. The number of carbonyl (C=O) groups is 1. The molecule has 1 aliphatic heterocycles. The molecule has 0 spiro atoms. The van der Waals surface area contributed by atoms with Crippen LogP contribution in [0.3, 0.4) is 0 Å². The van der Waals surface area contributed by atoms with Gasteiger partial charge >= 0.3 is 0 Å². The average Bonchev–Trinajstić information content (AvgIpc) is 2.66. The first-order chi connectivity index (χ1) is 14.1. The highest BCUT2D eigenvalue weighted by atomic mass is 35.5. The number of hydrogen-bond acceptors (Lipinski definition) is 6. The van der Waals surface area contributed by atoms with E-state index in [-0.39, 0.29) is 34.4 Å². The lowest BCUT2D eigenvalue weighted by Gasteiger charge is -2.35. The van der Waals surface area contributed by atoms with Gasteiger partial charge in [-0.1, -0.05) is 23.7 Å². The van der Waals surface area contributed by atoms with E-state index in [0.29, 0.717) is 13.1 Å². The number of para-hydroxylation sites is 1. The summed E-state index contributed by atoms with van der Waals surface area (Å²) >= 11 is 5.98. The number of non-ortho nitro benzene ring substituents is 1. The molecule has 2 aromatic carbocycles. The third-order valence-electron chi connectivity index (χ3n) is 4.52. The number of halogens is 1. The largest absolute Gasteiger partial charge is 0.372 e. The Morgan fingerprint density at radius 1 is 1.20 bits per heavy atom. The van der Waals surface area contributed by atoms with Crippen molar-refractivity contribution in [2.75, 3.05) is 17.8 Å². The third-order valence-corrected chi connectivity index (χ3v) is 6.37. The number of amides is 1. The van der Waals surface area contributed by atoms with E-state index in [1.807, 2.05) is 13.8 Å². The summed E-state index contributed by atoms with van der Waals surface area (Å²) in [5, 5.41) is 10.8. The van der Waals surface area contributed by atoms with Crippen LogP contribution in [-0.4, -0.2) is 49.4 Å². The Kier molecular flexibility index (Phi) is 6.30. The minimum Gasteiger partial charge on any atom is -0.372 e. The lowest BCUT2D eigenvalue weighted by molar-refractivity contribution is -0.385. The van der Waals surface area contributed by atoms with Crippen molar-refractivity contribution in [2.45, 2.75) is 31.0 Å². The van der Waals surface area contributed by atoms with Crippen molar-refractivity contribution >= 4 is 38.9 Å². The van der Waals surface area contributed by atoms with Gasteiger partial charge in [-0.15, -0.1) is 0 Å². The Balaban J connectivity index is 1.94. The van der Waals surface area contributed by atoms with Gasteiger partial charge in [0.25, 0.3) is 21.6 Å². The number of carbonyl (C=O) groups excluding carboxylic acids is 1. The summed E-state index contributed by atoms with van der Waals surface area (Å²) < 4.78 is 33.8. The number of nitrogens with one attached hydrogen (secondary N) is 1. The van der Waals surface area contributed by atoms with Crippen LogP contribution in [0.25, 0.3) is 0 Å². The van der Waals surface area contributed by atoms with Crippen LogP contribution < -0.4 is 4.72 Å². The summed E-state index contributed by atoms with van der Waals surface area (Å²) in [5.74, 6) is -0.347. The molecule has 1 amide bonds. The molecule has 1 N–H and O–H groups in total. The van der Waals surface area contributed by atoms with E-state index < -0.39 is 25.5 Å². The van der Waals surface area contributed by atoms with Crippen molar-refractivity contribution in [3.8, 4) is 0 Å². The Labute approximate surface area is 178 Å². The number of hydrogen-bond donors (Lipinski definition) is 1. The Morgan fingerprint density at radius 2 is 1.83 bits per heavy atom. The first-order valence-electron chi connectivity index (χ1n) is 9.09. The maximum Gasteiger partial charge on any atom is 0.270 e. The van der Waals surface area contributed by atoms with E-state index in [2.05, 4.69) is 4.72 Å². The van der Waals surface area contributed by atoms with E-state index in [0.717, 1.165) is 18.2 Å². The zero-order valence-electron chi connectivity index (χ0n) is 16.2. The molecule has 1 fully saturated rings. The normalized spacial score (nSPS) is 19.4. The molecule has 0 radical (unpaired) electrons. The van der Waals surface area contributed by atoms with Crippen molar-refractivity contribution in [3.63, 3.8) is 0 Å². The van der Waals surface area contributed by atoms with E-state index in [4.69, 9.17) is 16.3 Å². The summed E-state index contributed by atoms with van der Waals surface area (Å²) in [6, 6.07) is 9.29. The molecule has 9 nitrogen and oxygen atoms in total. The monoisotopic (exact) mass is 453 g/mol. The lowest BCUT2D eigenvalue weighted by atomic mass is 10.1. The second-order valence-electron chi connectivity index (χ2n) is 6.99. The van der Waals surface area contributed by atoms with Gasteiger partial charge in [-0.25, -0.2) is 8.42 Å². The van der Waals surface area contributed by atoms with Crippen LogP contribution in [0.5, 0.6) is 0 Å². The van der Waals surface area contributed by atoms with Gasteiger partial charge in [0.15, 0.2) is 0 Å². The average molecular weight is 454 g/mol. The molecule has 0 bridgehead atoms. The maximum absolute atomic E-state index is 13.1. The molecule has 30 heavy (non-hydrogen) atoms. The molecule has 0 saturated carbocycles. The predicted octanol–water partition coefficient (Wildman–Crippen LogP) is 3.30. The van der Waals surface area contributed by atoms with Crippen molar-refractivity contribution in [3.05, 3.63) is 63.2 Å². The highest BCUT2D eigenvalue weighted by Gasteiger charge is 2.29. The van der Waals surface area contributed by atoms with E-state index in [1.54, 1.807) is 17.0 Å². The van der Waals surface area contributed by atoms with Crippen LogP contribution in [0.1, 0.15) is 24.2 Å². The minimum absolute atomic E-state index is 0.0527. The second kappa shape index (κ2) is 8.58. The number of morpholine rings is 1. The van der Waals surface area contributed by atoms with Gasteiger partial charge in [0.1, 0.15) is 4.90 Å². The van der Waals surface area contributed by atoms with Crippen LogP contribution in [0.15, 0.2) is 47.4 Å². The molecule has 0 aliphatic carbocycles. The van der Waals surface area contributed by atoms with E-state index in [9.17, 15) is 23.3 Å². The summed E-state index contributed by atoms with van der Waals surface area (Å²) in [5.41, 5.74) is -0.207. The molecule has 0 aromatic heterocycles. The number of nitrogens with zero attached hydrogens (tertiary/aromatic N) is 2. The molecule has 2 atom stereocenters. The number of sulfonamides is 1. The number of nitro benzene ring substituents is 1. The Morgan fingerprint density at radius 3 is 2.47 bits per heavy atom. The fourth-order valence-corrected chi connectivity index (χ4v) is 4.88. The number of nitro groups is 1. The Hall–Kier alpha value is -2.69. The molecule has 1 heterocycles. The third kappa shape index (κ3) is 4.72. The van der Waals surface area contributed by atoms with Crippen molar-refractivity contribution in [1.82, 2.24) is 4.90 Å².